The summed E-state index contributed by atoms with van der Waals surface area (Å²) in [5.41, 5.74) is 0.893. The van der Waals surface area contributed by atoms with E-state index in [1.165, 1.54) is 0 Å². The minimum Gasteiger partial charge on any atom is -0.338 e. The Balaban J connectivity index is 1.92. The summed E-state index contributed by atoms with van der Waals surface area (Å²) in [6, 6.07) is 1.71. The summed E-state index contributed by atoms with van der Waals surface area (Å²) >= 11 is 0. The summed E-state index contributed by atoms with van der Waals surface area (Å²) in [7, 11) is 0. The molecule has 0 aromatic carbocycles. The van der Waals surface area contributed by atoms with Gasteiger partial charge in [-0.15, -0.1) is 0 Å². The van der Waals surface area contributed by atoms with E-state index in [-0.39, 0.29) is 11.9 Å². The number of hydrogen-bond donors (Lipinski definition) is 2. The summed E-state index contributed by atoms with van der Waals surface area (Å²) in [5, 5.41) is 9.96. The minimum absolute atomic E-state index is 0.0263. The van der Waals surface area contributed by atoms with Gasteiger partial charge >= 0.3 is 0 Å². The Labute approximate surface area is 107 Å². The predicted octanol–water partition coefficient (Wildman–Crippen LogP) is 2.27. The van der Waals surface area contributed by atoms with Crippen LogP contribution in [-0.2, 0) is 4.79 Å². The maximum absolute atomic E-state index is 12.0. The first-order valence-electron chi connectivity index (χ1n) is 6.71. The van der Waals surface area contributed by atoms with E-state index in [1.54, 1.807) is 0 Å². The van der Waals surface area contributed by atoms with Gasteiger partial charge < -0.3 is 9.84 Å². The average molecular weight is 251 g/mol. The molecule has 1 saturated heterocycles. The van der Waals surface area contributed by atoms with Crippen molar-refractivity contribution < 1.29 is 9.32 Å². The maximum Gasteiger partial charge on any atom is 0.243 e. The molecule has 0 aliphatic carbocycles. The number of carbonyl (C=O) groups is 1. The molecule has 0 saturated carbocycles. The highest BCUT2D eigenvalue weighted by atomic mass is 16.5. The zero-order chi connectivity index (χ0) is 13.0. The minimum atomic E-state index is -0.101. The molecule has 2 rings (SSSR count). The lowest BCUT2D eigenvalue weighted by Gasteiger charge is -2.21. The number of amides is 1. The van der Waals surface area contributed by atoms with Crippen molar-refractivity contribution in [1.29, 1.82) is 0 Å². The lowest BCUT2D eigenvalue weighted by molar-refractivity contribution is -0.118. The van der Waals surface area contributed by atoms with Crippen molar-refractivity contribution in [2.24, 2.45) is 0 Å². The van der Waals surface area contributed by atoms with Crippen LogP contribution in [0, 0.1) is 0 Å². The molecule has 18 heavy (non-hydrogen) atoms. The van der Waals surface area contributed by atoms with Crippen LogP contribution >= 0.6 is 0 Å². The van der Waals surface area contributed by atoms with Crippen molar-refractivity contribution in [3.63, 3.8) is 0 Å². The first-order chi connectivity index (χ1) is 8.70. The number of carbonyl (C=O) groups excluding carboxylic acids is 1. The molecule has 1 amide bonds. The zero-order valence-corrected chi connectivity index (χ0v) is 11.0. The van der Waals surface area contributed by atoms with Crippen LogP contribution < -0.4 is 10.6 Å². The van der Waals surface area contributed by atoms with Gasteiger partial charge in [0, 0.05) is 12.0 Å². The highest BCUT2D eigenvalue weighted by molar-refractivity contribution is 5.93. The van der Waals surface area contributed by atoms with Gasteiger partial charge in [0.05, 0.1) is 11.7 Å². The highest BCUT2D eigenvalue weighted by Gasteiger charge is 2.21. The molecule has 1 aliphatic heterocycles. The van der Waals surface area contributed by atoms with Crippen molar-refractivity contribution in [3.05, 3.63) is 11.8 Å². The Kier molecular flexibility index (Phi) is 4.36. The largest absolute Gasteiger partial charge is 0.338 e. The van der Waals surface area contributed by atoms with Crippen LogP contribution in [-0.4, -0.2) is 23.7 Å². The van der Waals surface area contributed by atoms with Gasteiger partial charge in [0.25, 0.3) is 0 Å². The van der Waals surface area contributed by atoms with Gasteiger partial charge in [-0.05, 0) is 25.8 Å². The molecule has 1 aromatic rings. The maximum atomic E-state index is 12.0. The van der Waals surface area contributed by atoms with Crippen LogP contribution in [0.4, 0.5) is 5.88 Å². The lowest BCUT2D eigenvalue weighted by atomic mass is 10.0. The van der Waals surface area contributed by atoms with Crippen LogP contribution in [0.3, 0.4) is 0 Å². The van der Waals surface area contributed by atoms with E-state index >= 15 is 0 Å². The van der Waals surface area contributed by atoms with Crippen LogP contribution in [0.15, 0.2) is 10.6 Å². The third kappa shape index (κ3) is 3.10. The molecule has 100 valence electrons. The number of nitrogens with one attached hydrogen (secondary N) is 2. The summed E-state index contributed by atoms with van der Waals surface area (Å²) < 4.78 is 5.14. The van der Waals surface area contributed by atoms with Gasteiger partial charge in [-0.3, -0.25) is 10.1 Å². The molecule has 1 fully saturated rings. The summed E-state index contributed by atoms with van der Waals surface area (Å²) in [5.74, 6) is 0.774. The number of nitrogens with zero attached hydrogens (tertiary/aromatic N) is 1. The van der Waals surface area contributed by atoms with Gasteiger partial charge in [0.15, 0.2) is 0 Å². The first kappa shape index (κ1) is 13.1. The van der Waals surface area contributed by atoms with Gasteiger partial charge in [0.2, 0.25) is 11.8 Å². The molecule has 1 unspecified atom stereocenters. The van der Waals surface area contributed by atoms with Gasteiger partial charge in [-0.2, -0.15) is 0 Å². The Morgan fingerprint density at radius 3 is 3.17 bits per heavy atom. The van der Waals surface area contributed by atoms with Crippen molar-refractivity contribution in [3.8, 4) is 0 Å². The van der Waals surface area contributed by atoms with Crippen molar-refractivity contribution in [2.45, 2.75) is 51.5 Å². The van der Waals surface area contributed by atoms with Crippen molar-refractivity contribution in [2.75, 3.05) is 11.9 Å². The Hall–Kier alpha value is -1.36. The van der Waals surface area contributed by atoms with E-state index in [2.05, 4.69) is 29.6 Å². The Morgan fingerprint density at radius 2 is 2.50 bits per heavy atom. The van der Waals surface area contributed by atoms with Crippen LogP contribution in [0.1, 0.15) is 51.1 Å². The molecule has 0 radical (unpaired) electrons. The van der Waals surface area contributed by atoms with E-state index in [0.717, 1.165) is 37.9 Å². The molecule has 2 N–H and O–H groups in total. The first-order valence-corrected chi connectivity index (χ1v) is 6.71. The quantitative estimate of drug-likeness (QED) is 0.861. The van der Waals surface area contributed by atoms with Crippen LogP contribution in [0.5, 0.6) is 0 Å². The summed E-state index contributed by atoms with van der Waals surface area (Å²) in [4.78, 5) is 12.0. The average Bonchev–Trinajstić information content (AvgIpc) is 2.87. The molecular formula is C13H21N3O2. The van der Waals surface area contributed by atoms with Crippen molar-refractivity contribution in [1.82, 2.24) is 10.5 Å². The standard InChI is InChI=1S/C13H21N3O2/c1-3-9(2)11-8-12(18-16-11)15-13(17)10-6-4-5-7-14-10/h8-10,14H,3-7H2,1-2H3,(H,15,17)/t9?,10-/m0/s1. The Bertz CT molecular complexity index is 397. The van der Waals surface area contributed by atoms with E-state index in [9.17, 15) is 4.79 Å². The normalized spacial score (nSPS) is 21.6. The van der Waals surface area contributed by atoms with Crippen LogP contribution in [0.25, 0.3) is 0 Å². The zero-order valence-electron chi connectivity index (χ0n) is 11.0. The highest BCUT2D eigenvalue weighted by Crippen LogP contribution is 2.21. The fourth-order valence-corrected chi connectivity index (χ4v) is 2.07. The third-order valence-electron chi connectivity index (χ3n) is 3.52. The topological polar surface area (TPSA) is 67.2 Å². The van der Waals surface area contributed by atoms with E-state index in [4.69, 9.17) is 4.52 Å². The monoisotopic (exact) mass is 251 g/mol. The molecular weight excluding hydrogens is 230 g/mol. The third-order valence-corrected chi connectivity index (χ3v) is 3.52. The lowest BCUT2D eigenvalue weighted by Crippen LogP contribution is -2.43. The summed E-state index contributed by atoms with van der Waals surface area (Å²) in [6.45, 7) is 5.10. The fraction of sp³-hybridized carbons (Fsp3) is 0.692. The molecule has 0 bridgehead atoms. The number of hydrogen-bond acceptors (Lipinski definition) is 4. The van der Waals surface area contributed by atoms with Gasteiger partial charge in [0.1, 0.15) is 0 Å². The fourth-order valence-electron chi connectivity index (χ4n) is 2.07. The second-order valence-electron chi connectivity index (χ2n) is 4.92. The molecule has 1 aliphatic rings. The number of anilines is 1. The van der Waals surface area contributed by atoms with Gasteiger partial charge in [-0.1, -0.05) is 25.4 Å². The molecule has 1 aromatic heterocycles. The van der Waals surface area contributed by atoms with E-state index in [1.807, 2.05) is 6.07 Å². The van der Waals surface area contributed by atoms with E-state index in [0.29, 0.717) is 11.8 Å². The van der Waals surface area contributed by atoms with Crippen molar-refractivity contribution >= 4 is 11.8 Å². The number of piperidine rings is 1. The Morgan fingerprint density at radius 1 is 1.67 bits per heavy atom. The van der Waals surface area contributed by atoms with E-state index < -0.39 is 0 Å². The second-order valence-corrected chi connectivity index (χ2v) is 4.92. The molecule has 5 nitrogen and oxygen atoms in total. The van der Waals surface area contributed by atoms with Crippen LogP contribution in [0.2, 0.25) is 0 Å². The SMILES string of the molecule is CCC(C)c1cc(NC(=O)[C@@H]2CCCCN2)on1. The molecule has 5 heteroatoms. The van der Waals surface area contributed by atoms with Gasteiger partial charge in [-0.25, -0.2) is 0 Å². The summed E-state index contributed by atoms with van der Waals surface area (Å²) in [6.07, 6.45) is 4.13. The second kappa shape index (κ2) is 6.00. The molecule has 2 atom stereocenters. The smallest absolute Gasteiger partial charge is 0.243 e. The molecule has 0 spiro atoms. The number of aromatic nitrogens is 1. The molecule has 2 heterocycles. The number of rotatable bonds is 4. The predicted molar refractivity (Wildman–Crippen MR) is 69.5 cm³/mol.